The number of carbonyl (C=O) groups is 1. The van der Waals surface area contributed by atoms with E-state index in [1.165, 1.54) is 17.0 Å². The molecule has 2 aliphatic rings. The molecule has 7 heteroatoms. The Morgan fingerprint density at radius 3 is 2.62 bits per heavy atom. The van der Waals surface area contributed by atoms with Gasteiger partial charge in [0.15, 0.2) is 0 Å². The van der Waals surface area contributed by atoms with Crippen LogP contribution in [0, 0.1) is 5.82 Å². The predicted octanol–water partition coefficient (Wildman–Crippen LogP) is 1.04. The van der Waals surface area contributed by atoms with Crippen molar-refractivity contribution >= 4 is 5.91 Å². The minimum atomic E-state index is -1.21. The monoisotopic (exact) mass is 339 g/mol. The molecule has 0 aliphatic carbocycles. The molecule has 24 heavy (non-hydrogen) atoms. The fourth-order valence-corrected chi connectivity index (χ4v) is 3.60. The van der Waals surface area contributed by atoms with Crippen molar-refractivity contribution in [3.8, 4) is 5.75 Å². The first-order valence-corrected chi connectivity index (χ1v) is 8.07. The minimum Gasteiger partial charge on any atom is -0.508 e. The molecule has 0 bridgehead atoms. The first kappa shape index (κ1) is 17.1. The minimum absolute atomic E-state index is 0.0964. The van der Waals surface area contributed by atoms with Gasteiger partial charge in [0.05, 0.1) is 17.8 Å². The maximum Gasteiger partial charge on any atom is 0.256 e. The molecule has 2 aliphatic heterocycles. The zero-order chi connectivity index (χ0) is 17.5. The lowest BCUT2D eigenvalue weighted by Crippen LogP contribution is -2.64. The molecular formula is C17H22FNO5. The second-order valence-electron chi connectivity index (χ2n) is 6.88. The highest BCUT2D eigenvalue weighted by atomic mass is 19.1. The van der Waals surface area contributed by atoms with Gasteiger partial charge in [-0.2, -0.15) is 0 Å². The summed E-state index contributed by atoms with van der Waals surface area (Å²) in [5.41, 5.74) is -2.18. The number of benzene rings is 1. The van der Waals surface area contributed by atoms with Crippen molar-refractivity contribution in [1.29, 1.82) is 0 Å². The SMILES string of the molecule is C[C@@]1(O)CCOC2(CCN(C(=O)c3ccc(O)cc3F)CC2)[C@H]1O. The Morgan fingerprint density at radius 1 is 1.33 bits per heavy atom. The molecular weight excluding hydrogens is 317 g/mol. The molecule has 0 unspecified atom stereocenters. The average molecular weight is 339 g/mol. The second-order valence-corrected chi connectivity index (χ2v) is 6.88. The smallest absolute Gasteiger partial charge is 0.256 e. The topological polar surface area (TPSA) is 90.2 Å². The summed E-state index contributed by atoms with van der Waals surface area (Å²) in [7, 11) is 0. The van der Waals surface area contributed by atoms with E-state index in [4.69, 9.17) is 4.74 Å². The summed E-state index contributed by atoms with van der Waals surface area (Å²) in [5.74, 6) is -1.46. The molecule has 1 amide bonds. The van der Waals surface area contributed by atoms with Crippen molar-refractivity contribution in [3.05, 3.63) is 29.6 Å². The Kier molecular flexibility index (Phi) is 4.27. The van der Waals surface area contributed by atoms with Crippen molar-refractivity contribution in [2.75, 3.05) is 19.7 Å². The van der Waals surface area contributed by atoms with Gasteiger partial charge in [-0.3, -0.25) is 4.79 Å². The van der Waals surface area contributed by atoms with Crippen LogP contribution in [0.25, 0.3) is 0 Å². The number of aromatic hydroxyl groups is 1. The Hall–Kier alpha value is -1.70. The van der Waals surface area contributed by atoms with E-state index in [2.05, 4.69) is 0 Å². The fraction of sp³-hybridized carbons (Fsp3) is 0.588. The summed E-state index contributed by atoms with van der Waals surface area (Å²) in [5, 5.41) is 30.0. The van der Waals surface area contributed by atoms with E-state index in [1.807, 2.05) is 0 Å². The van der Waals surface area contributed by atoms with Gasteiger partial charge in [0.1, 0.15) is 23.3 Å². The van der Waals surface area contributed by atoms with Crippen LogP contribution < -0.4 is 0 Å². The first-order valence-electron chi connectivity index (χ1n) is 8.07. The van der Waals surface area contributed by atoms with E-state index in [0.29, 0.717) is 39.0 Å². The van der Waals surface area contributed by atoms with Gasteiger partial charge in [-0.15, -0.1) is 0 Å². The fourth-order valence-electron chi connectivity index (χ4n) is 3.60. The molecule has 2 saturated heterocycles. The Labute approximate surface area is 139 Å². The van der Waals surface area contributed by atoms with Gasteiger partial charge in [0.25, 0.3) is 5.91 Å². The van der Waals surface area contributed by atoms with Crippen LogP contribution in [-0.2, 0) is 4.74 Å². The summed E-state index contributed by atoms with van der Waals surface area (Å²) < 4.78 is 19.6. The highest BCUT2D eigenvalue weighted by Crippen LogP contribution is 2.40. The Morgan fingerprint density at radius 2 is 2.00 bits per heavy atom. The number of halogens is 1. The third kappa shape index (κ3) is 2.87. The molecule has 2 heterocycles. The van der Waals surface area contributed by atoms with Crippen LogP contribution in [-0.4, -0.2) is 63.1 Å². The number of amides is 1. The quantitative estimate of drug-likeness (QED) is 0.711. The van der Waals surface area contributed by atoms with Gasteiger partial charge in [-0.1, -0.05) is 0 Å². The maximum atomic E-state index is 13.9. The van der Waals surface area contributed by atoms with E-state index in [1.54, 1.807) is 6.92 Å². The number of hydrogen-bond acceptors (Lipinski definition) is 5. The van der Waals surface area contributed by atoms with E-state index < -0.39 is 29.0 Å². The molecule has 6 nitrogen and oxygen atoms in total. The highest BCUT2D eigenvalue weighted by Gasteiger charge is 2.53. The van der Waals surface area contributed by atoms with Crippen molar-refractivity contribution in [2.24, 2.45) is 0 Å². The van der Waals surface area contributed by atoms with E-state index >= 15 is 0 Å². The Bertz CT molecular complexity index is 640. The van der Waals surface area contributed by atoms with Crippen molar-refractivity contribution in [1.82, 2.24) is 4.90 Å². The van der Waals surface area contributed by atoms with Crippen molar-refractivity contribution in [2.45, 2.75) is 43.5 Å². The largest absolute Gasteiger partial charge is 0.508 e. The standard InChI is InChI=1S/C17H22FNO5/c1-16(23)6-9-24-17(15(16)22)4-7-19(8-5-17)14(21)12-3-2-11(20)10-13(12)18/h2-3,10,15,20,22-23H,4-9H2,1H3/t15-,16+/m0/s1. The number of hydrogen-bond donors (Lipinski definition) is 3. The number of aliphatic hydroxyl groups is 2. The van der Waals surface area contributed by atoms with Crippen molar-refractivity contribution in [3.63, 3.8) is 0 Å². The lowest BCUT2D eigenvalue weighted by molar-refractivity contribution is -0.244. The summed E-state index contributed by atoms with van der Waals surface area (Å²) in [6.07, 6.45) is 0.0735. The van der Waals surface area contributed by atoms with Crippen LogP contribution in [0.15, 0.2) is 18.2 Å². The maximum absolute atomic E-state index is 13.9. The van der Waals surface area contributed by atoms with E-state index in [9.17, 15) is 24.5 Å². The number of phenolic OH excluding ortho intramolecular Hbond substituents is 1. The first-order chi connectivity index (χ1) is 11.3. The molecule has 3 rings (SSSR count). The third-order valence-corrected chi connectivity index (χ3v) is 5.17. The summed E-state index contributed by atoms with van der Waals surface area (Å²) in [6.45, 7) is 2.54. The van der Waals surface area contributed by atoms with Gasteiger partial charge in [-0.25, -0.2) is 4.39 Å². The molecule has 0 aromatic heterocycles. The number of rotatable bonds is 1. The van der Waals surface area contributed by atoms with Gasteiger partial charge in [0.2, 0.25) is 0 Å². The molecule has 132 valence electrons. The van der Waals surface area contributed by atoms with E-state index in [0.717, 1.165) is 6.07 Å². The van der Waals surface area contributed by atoms with Crippen molar-refractivity contribution < 1.29 is 29.2 Å². The van der Waals surface area contributed by atoms with E-state index in [-0.39, 0.29) is 11.3 Å². The number of likely N-dealkylation sites (tertiary alicyclic amines) is 1. The summed E-state index contributed by atoms with van der Waals surface area (Å²) in [4.78, 5) is 14.0. The molecule has 1 aromatic rings. The normalized spacial score (nSPS) is 29.7. The molecule has 2 fully saturated rings. The molecule has 2 atom stereocenters. The van der Waals surface area contributed by atoms with Crippen LogP contribution in [0.2, 0.25) is 0 Å². The molecule has 1 aromatic carbocycles. The van der Waals surface area contributed by atoms with Crippen LogP contribution in [0.4, 0.5) is 4.39 Å². The summed E-state index contributed by atoms with van der Waals surface area (Å²) in [6, 6.07) is 3.44. The lowest BCUT2D eigenvalue weighted by Gasteiger charge is -2.51. The number of aliphatic hydroxyl groups excluding tert-OH is 1. The number of piperidine rings is 1. The molecule has 1 spiro atoms. The number of phenols is 1. The molecule has 0 saturated carbocycles. The Balaban J connectivity index is 1.72. The lowest BCUT2D eigenvalue weighted by atomic mass is 9.75. The predicted molar refractivity (Wildman–Crippen MR) is 83.1 cm³/mol. The van der Waals surface area contributed by atoms with Crippen LogP contribution >= 0.6 is 0 Å². The second kappa shape index (κ2) is 5.98. The van der Waals surface area contributed by atoms with Gasteiger partial charge in [-0.05, 0) is 31.9 Å². The zero-order valence-corrected chi connectivity index (χ0v) is 13.5. The van der Waals surface area contributed by atoms with Crippen LogP contribution in [0.5, 0.6) is 5.75 Å². The molecule has 0 radical (unpaired) electrons. The van der Waals surface area contributed by atoms with Gasteiger partial charge in [0, 0.05) is 25.6 Å². The number of nitrogens with zero attached hydrogens (tertiary/aromatic N) is 1. The van der Waals surface area contributed by atoms with Gasteiger partial charge < -0.3 is 25.0 Å². The number of ether oxygens (including phenoxy) is 1. The third-order valence-electron chi connectivity index (χ3n) is 5.17. The molecule has 3 N–H and O–H groups in total. The van der Waals surface area contributed by atoms with Gasteiger partial charge >= 0.3 is 0 Å². The highest BCUT2D eigenvalue weighted by molar-refractivity contribution is 5.94. The zero-order valence-electron chi connectivity index (χ0n) is 13.5. The average Bonchev–Trinajstić information content (AvgIpc) is 2.53. The van der Waals surface area contributed by atoms with Crippen LogP contribution in [0.1, 0.15) is 36.5 Å². The summed E-state index contributed by atoms with van der Waals surface area (Å²) >= 11 is 0. The number of carbonyl (C=O) groups excluding carboxylic acids is 1. The van der Waals surface area contributed by atoms with Crippen LogP contribution in [0.3, 0.4) is 0 Å².